The largest absolute Gasteiger partial charge is 0.361 e. The SMILES string of the molecule is Cc1ccc2c(CC=O)c[nH]c2c1. The topological polar surface area (TPSA) is 32.9 Å². The van der Waals surface area contributed by atoms with Crippen molar-refractivity contribution in [2.24, 2.45) is 0 Å². The van der Waals surface area contributed by atoms with E-state index in [0.717, 1.165) is 22.8 Å². The Morgan fingerprint density at radius 2 is 2.31 bits per heavy atom. The molecule has 0 aliphatic rings. The molecule has 0 aliphatic heterocycles. The number of benzene rings is 1. The highest BCUT2D eigenvalue weighted by Gasteiger charge is 2.01. The van der Waals surface area contributed by atoms with Crippen molar-refractivity contribution in [3.8, 4) is 0 Å². The number of hydrogen-bond donors (Lipinski definition) is 1. The van der Waals surface area contributed by atoms with Crippen LogP contribution in [0.5, 0.6) is 0 Å². The fourth-order valence-electron chi connectivity index (χ4n) is 1.56. The van der Waals surface area contributed by atoms with Gasteiger partial charge in [-0.1, -0.05) is 12.1 Å². The summed E-state index contributed by atoms with van der Waals surface area (Å²) in [5, 5.41) is 1.15. The number of aromatic amines is 1. The number of aldehydes is 1. The highest BCUT2D eigenvalue weighted by atomic mass is 16.1. The molecule has 0 saturated carbocycles. The van der Waals surface area contributed by atoms with Crippen molar-refractivity contribution < 1.29 is 4.79 Å². The molecule has 0 amide bonds. The van der Waals surface area contributed by atoms with Gasteiger partial charge in [-0.25, -0.2) is 0 Å². The van der Waals surface area contributed by atoms with Gasteiger partial charge in [-0.2, -0.15) is 0 Å². The first-order valence-corrected chi connectivity index (χ1v) is 4.31. The summed E-state index contributed by atoms with van der Waals surface area (Å²) in [6.07, 6.45) is 3.32. The van der Waals surface area contributed by atoms with Crippen LogP contribution in [0, 0.1) is 6.92 Å². The Balaban J connectivity index is 2.61. The van der Waals surface area contributed by atoms with Crippen molar-refractivity contribution in [1.29, 1.82) is 0 Å². The van der Waals surface area contributed by atoms with Gasteiger partial charge < -0.3 is 9.78 Å². The number of aromatic nitrogens is 1. The minimum absolute atomic E-state index is 0.489. The number of fused-ring (bicyclic) bond motifs is 1. The van der Waals surface area contributed by atoms with Crippen LogP contribution >= 0.6 is 0 Å². The molecule has 2 rings (SSSR count). The zero-order chi connectivity index (χ0) is 9.26. The summed E-state index contributed by atoms with van der Waals surface area (Å²) >= 11 is 0. The molecule has 13 heavy (non-hydrogen) atoms. The van der Waals surface area contributed by atoms with Gasteiger partial charge in [0.25, 0.3) is 0 Å². The Kier molecular flexibility index (Phi) is 1.89. The van der Waals surface area contributed by atoms with Crippen molar-refractivity contribution in [2.75, 3.05) is 0 Å². The maximum atomic E-state index is 10.4. The second-order valence-corrected chi connectivity index (χ2v) is 3.23. The molecule has 0 atom stereocenters. The molecule has 0 saturated heterocycles. The van der Waals surface area contributed by atoms with Gasteiger partial charge >= 0.3 is 0 Å². The lowest BCUT2D eigenvalue weighted by Crippen LogP contribution is -1.82. The number of rotatable bonds is 2. The molecule has 0 aliphatic carbocycles. The van der Waals surface area contributed by atoms with E-state index < -0.39 is 0 Å². The fourth-order valence-corrected chi connectivity index (χ4v) is 1.56. The average molecular weight is 173 g/mol. The average Bonchev–Trinajstić information content (AvgIpc) is 2.49. The smallest absolute Gasteiger partial charge is 0.124 e. The van der Waals surface area contributed by atoms with E-state index in [2.05, 4.69) is 30.1 Å². The van der Waals surface area contributed by atoms with E-state index in [1.54, 1.807) is 0 Å². The molecule has 0 radical (unpaired) electrons. The molecule has 0 spiro atoms. The quantitative estimate of drug-likeness (QED) is 0.694. The molecule has 0 bridgehead atoms. The summed E-state index contributed by atoms with van der Waals surface area (Å²) in [4.78, 5) is 13.5. The van der Waals surface area contributed by atoms with Crippen LogP contribution in [-0.4, -0.2) is 11.3 Å². The molecule has 0 fully saturated rings. The Hall–Kier alpha value is -1.57. The van der Waals surface area contributed by atoms with Crippen molar-refractivity contribution in [3.63, 3.8) is 0 Å². The summed E-state index contributed by atoms with van der Waals surface area (Å²) in [6, 6.07) is 6.20. The lowest BCUT2D eigenvalue weighted by Gasteiger charge is -1.94. The van der Waals surface area contributed by atoms with Crippen molar-refractivity contribution in [3.05, 3.63) is 35.5 Å². The standard InChI is InChI=1S/C11H11NO/c1-8-2-3-10-9(4-5-13)7-12-11(10)6-8/h2-3,5-7,12H,4H2,1H3. The fraction of sp³-hybridized carbons (Fsp3) is 0.182. The van der Waals surface area contributed by atoms with Crippen molar-refractivity contribution in [2.45, 2.75) is 13.3 Å². The minimum atomic E-state index is 0.489. The summed E-state index contributed by atoms with van der Waals surface area (Å²) in [7, 11) is 0. The molecule has 1 heterocycles. The highest BCUT2D eigenvalue weighted by molar-refractivity contribution is 5.85. The van der Waals surface area contributed by atoms with Crippen molar-refractivity contribution in [1.82, 2.24) is 4.98 Å². The van der Waals surface area contributed by atoms with Gasteiger partial charge in [0.15, 0.2) is 0 Å². The van der Waals surface area contributed by atoms with E-state index in [4.69, 9.17) is 0 Å². The third-order valence-electron chi connectivity index (χ3n) is 2.23. The summed E-state index contributed by atoms with van der Waals surface area (Å²) in [5.41, 5.74) is 3.41. The molecule has 1 aromatic carbocycles. The maximum absolute atomic E-state index is 10.4. The number of hydrogen-bond acceptors (Lipinski definition) is 1. The van der Waals surface area contributed by atoms with Crippen LogP contribution in [0.2, 0.25) is 0 Å². The molecular formula is C11H11NO. The Bertz CT molecular complexity index is 442. The second-order valence-electron chi connectivity index (χ2n) is 3.23. The van der Waals surface area contributed by atoms with Crippen LogP contribution in [-0.2, 0) is 11.2 Å². The van der Waals surface area contributed by atoms with Gasteiger partial charge in [0.1, 0.15) is 6.29 Å². The van der Waals surface area contributed by atoms with Crippen LogP contribution in [0.25, 0.3) is 10.9 Å². The number of aryl methyl sites for hydroxylation is 1. The molecule has 1 aromatic heterocycles. The third kappa shape index (κ3) is 1.35. The van der Waals surface area contributed by atoms with Crippen LogP contribution < -0.4 is 0 Å². The third-order valence-corrected chi connectivity index (χ3v) is 2.23. The van der Waals surface area contributed by atoms with Crippen molar-refractivity contribution >= 4 is 17.2 Å². The minimum Gasteiger partial charge on any atom is -0.361 e. The maximum Gasteiger partial charge on any atom is 0.124 e. The van der Waals surface area contributed by atoms with E-state index in [1.165, 1.54) is 5.56 Å². The normalized spacial score (nSPS) is 10.5. The zero-order valence-electron chi connectivity index (χ0n) is 7.50. The number of nitrogens with one attached hydrogen (secondary N) is 1. The van der Waals surface area contributed by atoms with Gasteiger partial charge in [-0.15, -0.1) is 0 Å². The molecule has 2 aromatic rings. The lowest BCUT2D eigenvalue weighted by atomic mass is 10.1. The number of H-pyrrole nitrogens is 1. The molecular weight excluding hydrogens is 162 g/mol. The highest BCUT2D eigenvalue weighted by Crippen LogP contribution is 2.19. The molecule has 2 nitrogen and oxygen atoms in total. The Labute approximate surface area is 76.6 Å². The molecule has 2 heteroatoms. The van der Waals surface area contributed by atoms with E-state index in [1.807, 2.05) is 6.20 Å². The summed E-state index contributed by atoms with van der Waals surface area (Å²) < 4.78 is 0. The summed E-state index contributed by atoms with van der Waals surface area (Å²) in [6.45, 7) is 2.06. The number of carbonyl (C=O) groups excluding carboxylic acids is 1. The second kappa shape index (κ2) is 3.05. The monoisotopic (exact) mass is 173 g/mol. The summed E-state index contributed by atoms with van der Waals surface area (Å²) in [5.74, 6) is 0. The predicted octanol–water partition coefficient (Wildman–Crippen LogP) is 2.22. The number of carbonyl (C=O) groups is 1. The van der Waals surface area contributed by atoms with E-state index in [-0.39, 0.29) is 0 Å². The van der Waals surface area contributed by atoms with Crippen LogP contribution in [0.15, 0.2) is 24.4 Å². The predicted molar refractivity (Wildman–Crippen MR) is 52.8 cm³/mol. The Morgan fingerprint density at radius 3 is 3.08 bits per heavy atom. The van der Waals surface area contributed by atoms with E-state index >= 15 is 0 Å². The van der Waals surface area contributed by atoms with Crippen LogP contribution in [0.1, 0.15) is 11.1 Å². The first kappa shape index (κ1) is 8.05. The zero-order valence-corrected chi connectivity index (χ0v) is 7.50. The van der Waals surface area contributed by atoms with Crippen LogP contribution in [0.3, 0.4) is 0 Å². The Morgan fingerprint density at radius 1 is 1.46 bits per heavy atom. The van der Waals surface area contributed by atoms with Gasteiger partial charge in [-0.05, 0) is 24.1 Å². The lowest BCUT2D eigenvalue weighted by molar-refractivity contribution is -0.107. The molecule has 0 unspecified atom stereocenters. The van der Waals surface area contributed by atoms with E-state index in [0.29, 0.717) is 6.42 Å². The first-order valence-electron chi connectivity index (χ1n) is 4.31. The van der Waals surface area contributed by atoms with Crippen LogP contribution in [0.4, 0.5) is 0 Å². The van der Waals surface area contributed by atoms with E-state index in [9.17, 15) is 4.79 Å². The molecule has 66 valence electrons. The van der Waals surface area contributed by atoms with Gasteiger partial charge in [0, 0.05) is 23.5 Å². The van der Waals surface area contributed by atoms with Gasteiger partial charge in [-0.3, -0.25) is 0 Å². The van der Waals surface area contributed by atoms with Gasteiger partial charge in [0.05, 0.1) is 0 Å². The van der Waals surface area contributed by atoms with Gasteiger partial charge in [0.2, 0.25) is 0 Å². The first-order chi connectivity index (χ1) is 6.31. The molecule has 1 N–H and O–H groups in total.